The van der Waals surface area contributed by atoms with Gasteiger partial charge in [0.2, 0.25) is 5.91 Å². The summed E-state index contributed by atoms with van der Waals surface area (Å²) in [5.74, 6) is 0.935. The summed E-state index contributed by atoms with van der Waals surface area (Å²) < 4.78 is 0. The van der Waals surface area contributed by atoms with E-state index in [2.05, 4.69) is 27.5 Å². The molecule has 1 aromatic heterocycles. The summed E-state index contributed by atoms with van der Waals surface area (Å²) in [4.78, 5) is 23.9. The number of carbonyl (C=O) groups is 1. The molecule has 0 fully saturated rings. The summed E-state index contributed by atoms with van der Waals surface area (Å²) >= 11 is 1.71. The number of carbonyl (C=O) groups excluding carboxylic acids is 1. The van der Waals surface area contributed by atoms with E-state index in [0.717, 1.165) is 37.0 Å². The van der Waals surface area contributed by atoms with Crippen LogP contribution >= 0.6 is 11.3 Å². The number of hydrogen-bond acceptors (Lipinski definition) is 4. The second-order valence-electron chi connectivity index (χ2n) is 5.12. The highest BCUT2D eigenvalue weighted by atomic mass is 32.1. The van der Waals surface area contributed by atoms with Crippen LogP contribution in [0.15, 0.2) is 11.2 Å². The van der Waals surface area contributed by atoms with Crippen molar-refractivity contribution in [2.75, 3.05) is 32.7 Å². The molecule has 1 rings (SSSR count). The lowest BCUT2D eigenvalue weighted by Gasteiger charge is -2.19. The Morgan fingerprint density at radius 3 is 2.61 bits per heavy atom. The number of aromatic nitrogens is 1. The van der Waals surface area contributed by atoms with Gasteiger partial charge >= 0.3 is 0 Å². The lowest BCUT2D eigenvalue weighted by molar-refractivity contribution is -0.130. The van der Waals surface area contributed by atoms with Gasteiger partial charge in [0.15, 0.2) is 5.96 Å². The number of aliphatic imine (C=N–C) groups is 1. The van der Waals surface area contributed by atoms with Gasteiger partial charge in [-0.3, -0.25) is 9.79 Å². The van der Waals surface area contributed by atoms with Crippen molar-refractivity contribution in [2.24, 2.45) is 4.99 Å². The maximum atomic E-state index is 12.0. The molecule has 1 amide bonds. The van der Waals surface area contributed by atoms with Crippen LogP contribution in [0.5, 0.6) is 0 Å². The third-order valence-electron chi connectivity index (χ3n) is 3.36. The molecule has 0 spiro atoms. The molecule has 0 aliphatic carbocycles. The second kappa shape index (κ2) is 11.0. The number of hydrogen-bond donors (Lipinski definition) is 2. The third-order valence-corrected chi connectivity index (χ3v) is 4.33. The first kappa shape index (κ1) is 19.4. The molecule has 0 radical (unpaired) electrons. The molecule has 0 bridgehead atoms. The van der Waals surface area contributed by atoms with E-state index in [1.54, 1.807) is 11.3 Å². The van der Waals surface area contributed by atoms with E-state index in [-0.39, 0.29) is 5.91 Å². The summed E-state index contributed by atoms with van der Waals surface area (Å²) in [7, 11) is 0. The van der Waals surface area contributed by atoms with Gasteiger partial charge in [0.05, 0.1) is 5.01 Å². The van der Waals surface area contributed by atoms with Crippen LogP contribution < -0.4 is 10.6 Å². The molecule has 7 heteroatoms. The number of aryl methyl sites for hydroxylation is 1. The van der Waals surface area contributed by atoms with Crippen LogP contribution in [0.25, 0.3) is 0 Å². The zero-order valence-electron chi connectivity index (χ0n) is 14.7. The fourth-order valence-electron chi connectivity index (χ4n) is 2.14. The van der Waals surface area contributed by atoms with Gasteiger partial charge < -0.3 is 15.5 Å². The van der Waals surface area contributed by atoms with Gasteiger partial charge in [0, 0.05) is 56.6 Å². The molecule has 130 valence electrons. The summed E-state index contributed by atoms with van der Waals surface area (Å²) in [6.07, 6.45) is 3.22. The van der Waals surface area contributed by atoms with Gasteiger partial charge in [0.25, 0.3) is 0 Å². The van der Waals surface area contributed by atoms with Crippen LogP contribution in [0.3, 0.4) is 0 Å². The Hall–Kier alpha value is -1.63. The first-order chi connectivity index (χ1) is 11.1. The first-order valence-electron chi connectivity index (χ1n) is 8.31. The average molecular weight is 340 g/mol. The van der Waals surface area contributed by atoms with E-state index in [1.165, 1.54) is 4.88 Å². The molecular weight excluding hydrogens is 310 g/mol. The predicted molar refractivity (Wildman–Crippen MR) is 97.1 cm³/mol. The van der Waals surface area contributed by atoms with E-state index in [4.69, 9.17) is 0 Å². The van der Waals surface area contributed by atoms with E-state index in [1.807, 2.05) is 31.9 Å². The van der Waals surface area contributed by atoms with E-state index in [9.17, 15) is 4.79 Å². The molecule has 6 nitrogen and oxygen atoms in total. The van der Waals surface area contributed by atoms with Crippen molar-refractivity contribution in [3.63, 3.8) is 0 Å². The lowest BCUT2D eigenvalue weighted by Crippen LogP contribution is -2.40. The quantitative estimate of drug-likeness (QED) is 0.532. The smallest absolute Gasteiger partial charge is 0.224 e. The standard InChI is InChI=1S/C16H29N5OS/c1-5-17-16(18-10-8-14-20-12-13(4)23-14)19-11-9-15(22)21(6-2)7-3/h12H,5-11H2,1-4H3,(H2,17,18,19). The number of amides is 1. The molecule has 0 aromatic carbocycles. The number of nitrogens with one attached hydrogen (secondary N) is 2. The molecule has 0 aliphatic rings. The maximum Gasteiger partial charge on any atom is 0.224 e. The highest BCUT2D eigenvalue weighted by molar-refractivity contribution is 7.11. The summed E-state index contributed by atoms with van der Waals surface area (Å²) in [6, 6.07) is 0. The number of rotatable bonds is 9. The molecule has 0 saturated heterocycles. The van der Waals surface area contributed by atoms with Crippen LogP contribution in [0.2, 0.25) is 0 Å². The minimum Gasteiger partial charge on any atom is -0.357 e. The first-order valence-corrected chi connectivity index (χ1v) is 9.13. The predicted octanol–water partition coefficient (Wildman–Crippen LogP) is 1.81. The Labute approximate surface area is 143 Å². The third kappa shape index (κ3) is 7.45. The Bertz CT molecular complexity index is 496. The van der Waals surface area contributed by atoms with Crippen molar-refractivity contribution < 1.29 is 4.79 Å². The van der Waals surface area contributed by atoms with Crippen LogP contribution in [0, 0.1) is 6.92 Å². The molecule has 0 saturated carbocycles. The number of nitrogens with zero attached hydrogens (tertiary/aromatic N) is 3. The highest BCUT2D eigenvalue weighted by Gasteiger charge is 2.09. The molecule has 1 heterocycles. The summed E-state index contributed by atoms with van der Waals surface area (Å²) in [6.45, 7) is 11.7. The molecule has 0 aliphatic heterocycles. The van der Waals surface area contributed by atoms with Gasteiger partial charge in [-0.15, -0.1) is 11.3 Å². The normalized spacial score (nSPS) is 11.4. The molecule has 23 heavy (non-hydrogen) atoms. The van der Waals surface area contributed by atoms with Crippen LogP contribution in [0.4, 0.5) is 0 Å². The van der Waals surface area contributed by atoms with Crippen molar-refractivity contribution in [2.45, 2.75) is 40.5 Å². The minimum absolute atomic E-state index is 0.177. The fraction of sp³-hybridized carbons (Fsp3) is 0.688. The van der Waals surface area contributed by atoms with Crippen LogP contribution in [-0.4, -0.2) is 54.5 Å². The van der Waals surface area contributed by atoms with Gasteiger partial charge in [-0.05, 0) is 27.7 Å². The maximum absolute atomic E-state index is 12.0. The zero-order valence-corrected chi connectivity index (χ0v) is 15.5. The molecule has 0 unspecified atom stereocenters. The minimum atomic E-state index is 0.177. The highest BCUT2D eigenvalue weighted by Crippen LogP contribution is 2.11. The summed E-state index contributed by atoms with van der Waals surface area (Å²) in [5.41, 5.74) is 0. The Morgan fingerprint density at radius 2 is 2.04 bits per heavy atom. The SMILES string of the molecule is CCNC(=NCCc1ncc(C)s1)NCCC(=O)N(CC)CC. The Morgan fingerprint density at radius 1 is 1.30 bits per heavy atom. The van der Waals surface area contributed by atoms with E-state index < -0.39 is 0 Å². The second-order valence-corrected chi connectivity index (χ2v) is 6.44. The van der Waals surface area contributed by atoms with Gasteiger partial charge in [0.1, 0.15) is 0 Å². The van der Waals surface area contributed by atoms with Gasteiger partial charge in [-0.25, -0.2) is 4.98 Å². The Balaban J connectivity index is 2.38. The van der Waals surface area contributed by atoms with E-state index in [0.29, 0.717) is 19.5 Å². The van der Waals surface area contributed by atoms with Gasteiger partial charge in [-0.1, -0.05) is 0 Å². The van der Waals surface area contributed by atoms with Gasteiger partial charge in [-0.2, -0.15) is 0 Å². The molecular formula is C16H29N5OS. The monoisotopic (exact) mass is 339 g/mol. The number of guanidine groups is 1. The van der Waals surface area contributed by atoms with Crippen molar-refractivity contribution in [3.05, 3.63) is 16.1 Å². The lowest BCUT2D eigenvalue weighted by atomic mass is 10.3. The van der Waals surface area contributed by atoms with Crippen molar-refractivity contribution in [1.82, 2.24) is 20.5 Å². The van der Waals surface area contributed by atoms with Crippen molar-refractivity contribution in [3.8, 4) is 0 Å². The fourth-order valence-corrected chi connectivity index (χ4v) is 2.92. The summed E-state index contributed by atoms with van der Waals surface area (Å²) in [5, 5.41) is 7.53. The molecule has 0 atom stereocenters. The topological polar surface area (TPSA) is 69.6 Å². The van der Waals surface area contributed by atoms with Crippen LogP contribution in [0.1, 0.15) is 37.1 Å². The largest absolute Gasteiger partial charge is 0.357 e. The van der Waals surface area contributed by atoms with Crippen LogP contribution in [-0.2, 0) is 11.2 Å². The zero-order chi connectivity index (χ0) is 17.1. The van der Waals surface area contributed by atoms with Crippen molar-refractivity contribution >= 4 is 23.2 Å². The molecule has 1 aromatic rings. The average Bonchev–Trinajstić information content (AvgIpc) is 2.94. The van der Waals surface area contributed by atoms with Crippen molar-refractivity contribution in [1.29, 1.82) is 0 Å². The molecule has 2 N–H and O–H groups in total. The number of thiazole rings is 1. The Kier molecular flexibility index (Phi) is 9.28. The van der Waals surface area contributed by atoms with E-state index >= 15 is 0 Å².